The monoisotopic (exact) mass is 172 g/mol. The Morgan fingerprint density at radius 2 is 2.45 bits per heavy atom. The van der Waals surface area contributed by atoms with Crippen LogP contribution in [0.25, 0.3) is 0 Å². The summed E-state index contributed by atoms with van der Waals surface area (Å²) in [6.07, 6.45) is 2.19. The molecular formula is C8H12O2S. The number of aliphatic hydroxyl groups is 1. The number of ketones is 1. The maximum Gasteiger partial charge on any atom is 0.164 e. The third-order valence-electron chi connectivity index (χ3n) is 2.82. The first-order valence-electron chi connectivity index (χ1n) is 4.07. The molecule has 0 aromatic carbocycles. The van der Waals surface area contributed by atoms with Crippen molar-refractivity contribution in [3.05, 3.63) is 0 Å². The van der Waals surface area contributed by atoms with Gasteiger partial charge in [0.15, 0.2) is 5.78 Å². The van der Waals surface area contributed by atoms with E-state index in [0.717, 1.165) is 17.9 Å². The molecule has 0 bridgehead atoms. The van der Waals surface area contributed by atoms with Crippen LogP contribution in [0.4, 0.5) is 0 Å². The smallest absolute Gasteiger partial charge is 0.164 e. The van der Waals surface area contributed by atoms with Gasteiger partial charge < -0.3 is 5.11 Å². The Labute approximate surface area is 70.4 Å². The molecule has 0 aromatic rings. The number of hydrogen-bond donors (Lipinski definition) is 1. The molecule has 0 spiro atoms. The highest BCUT2D eigenvalue weighted by Gasteiger charge is 2.49. The zero-order valence-electron chi connectivity index (χ0n) is 6.38. The Hall–Kier alpha value is -0.0200. The molecular weight excluding hydrogens is 160 g/mol. The van der Waals surface area contributed by atoms with E-state index in [1.807, 2.05) is 11.8 Å². The van der Waals surface area contributed by atoms with Gasteiger partial charge in [-0.2, -0.15) is 11.8 Å². The molecule has 1 aliphatic heterocycles. The minimum atomic E-state index is -0.911. The molecule has 1 heterocycles. The van der Waals surface area contributed by atoms with E-state index in [0.29, 0.717) is 12.8 Å². The standard InChI is InChI=1S/C8H12O2S/c9-7-2-1-6-5-11-4-3-8(6,7)10/h6,10H,1-5H2/t6-,8-/m0/s1. The quantitative estimate of drug-likeness (QED) is 0.588. The fraction of sp³-hybridized carbons (Fsp3) is 0.875. The van der Waals surface area contributed by atoms with E-state index >= 15 is 0 Å². The Morgan fingerprint density at radius 1 is 1.64 bits per heavy atom. The number of rotatable bonds is 0. The van der Waals surface area contributed by atoms with Crippen molar-refractivity contribution in [2.24, 2.45) is 5.92 Å². The maximum absolute atomic E-state index is 11.3. The number of Topliss-reactive ketones (excluding diaryl/α,β-unsaturated/α-hetero) is 1. The Balaban J connectivity index is 2.23. The molecule has 2 aliphatic rings. The van der Waals surface area contributed by atoms with E-state index in [4.69, 9.17) is 0 Å². The number of fused-ring (bicyclic) bond motifs is 1. The van der Waals surface area contributed by atoms with Gasteiger partial charge in [0.1, 0.15) is 5.60 Å². The van der Waals surface area contributed by atoms with Gasteiger partial charge in [-0.3, -0.25) is 4.79 Å². The SMILES string of the molecule is O=C1CC[C@H]2CSCC[C@@]12O. The zero-order valence-corrected chi connectivity index (χ0v) is 7.19. The summed E-state index contributed by atoms with van der Waals surface area (Å²) in [5.74, 6) is 2.26. The number of thioether (sulfide) groups is 1. The van der Waals surface area contributed by atoms with Crippen molar-refractivity contribution in [1.29, 1.82) is 0 Å². The first kappa shape index (κ1) is 7.62. The van der Waals surface area contributed by atoms with E-state index in [2.05, 4.69) is 0 Å². The lowest BCUT2D eigenvalue weighted by Crippen LogP contribution is -2.44. The summed E-state index contributed by atoms with van der Waals surface area (Å²) in [7, 11) is 0. The van der Waals surface area contributed by atoms with Crippen molar-refractivity contribution >= 4 is 17.5 Å². The fourth-order valence-electron chi connectivity index (χ4n) is 2.01. The highest BCUT2D eigenvalue weighted by Crippen LogP contribution is 2.41. The average molecular weight is 172 g/mol. The van der Waals surface area contributed by atoms with Crippen LogP contribution in [0.2, 0.25) is 0 Å². The molecule has 1 saturated heterocycles. The van der Waals surface area contributed by atoms with Gasteiger partial charge in [-0.25, -0.2) is 0 Å². The third-order valence-corrected chi connectivity index (χ3v) is 3.96. The van der Waals surface area contributed by atoms with Crippen LogP contribution < -0.4 is 0 Å². The van der Waals surface area contributed by atoms with Crippen LogP contribution >= 0.6 is 11.8 Å². The maximum atomic E-state index is 11.3. The highest BCUT2D eigenvalue weighted by molar-refractivity contribution is 7.99. The van der Waals surface area contributed by atoms with Crippen molar-refractivity contribution in [2.45, 2.75) is 24.9 Å². The van der Waals surface area contributed by atoms with Crippen LogP contribution in [-0.4, -0.2) is 28.0 Å². The van der Waals surface area contributed by atoms with Crippen LogP contribution in [0.1, 0.15) is 19.3 Å². The normalized spacial score (nSPS) is 44.1. The van der Waals surface area contributed by atoms with Gasteiger partial charge in [0, 0.05) is 12.3 Å². The Kier molecular flexibility index (Phi) is 1.72. The predicted octanol–water partition coefficient (Wildman–Crippen LogP) is 0.833. The number of carbonyl (C=O) groups is 1. The molecule has 1 N–H and O–H groups in total. The molecule has 1 saturated carbocycles. The summed E-state index contributed by atoms with van der Waals surface area (Å²) in [6.45, 7) is 0. The van der Waals surface area contributed by atoms with E-state index in [1.165, 1.54) is 0 Å². The molecule has 62 valence electrons. The lowest BCUT2D eigenvalue weighted by atomic mass is 9.88. The molecule has 2 nitrogen and oxygen atoms in total. The van der Waals surface area contributed by atoms with Crippen LogP contribution in [0.5, 0.6) is 0 Å². The first-order valence-corrected chi connectivity index (χ1v) is 5.22. The van der Waals surface area contributed by atoms with Crippen LogP contribution in [0.3, 0.4) is 0 Å². The highest BCUT2D eigenvalue weighted by atomic mass is 32.2. The molecule has 0 unspecified atom stereocenters. The van der Waals surface area contributed by atoms with Gasteiger partial charge in [0.2, 0.25) is 0 Å². The lowest BCUT2D eigenvalue weighted by molar-refractivity contribution is -0.136. The predicted molar refractivity (Wildman–Crippen MR) is 44.6 cm³/mol. The summed E-state index contributed by atoms with van der Waals surface area (Å²) in [4.78, 5) is 11.3. The Bertz CT molecular complexity index is 193. The van der Waals surface area contributed by atoms with E-state index in [9.17, 15) is 9.90 Å². The summed E-state index contributed by atoms with van der Waals surface area (Å²) in [5, 5.41) is 9.92. The van der Waals surface area contributed by atoms with Crippen LogP contribution in [-0.2, 0) is 4.79 Å². The molecule has 2 fully saturated rings. The second-order valence-corrected chi connectivity index (χ2v) is 4.56. The molecule has 2 rings (SSSR count). The van der Waals surface area contributed by atoms with Crippen molar-refractivity contribution in [1.82, 2.24) is 0 Å². The number of hydrogen-bond acceptors (Lipinski definition) is 3. The lowest BCUT2D eigenvalue weighted by Gasteiger charge is -2.32. The molecule has 0 radical (unpaired) electrons. The minimum Gasteiger partial charge on any atom is -0.382 e. The summed E-state index contributed by atoms with van der Waals surface area (Å²) in [5.41, 5.74) is -0.911. The van der Waals surface area contributed by atoms with Crippen molar-refractivity contribution in [3.63, 3.8) is 0 Å². The first-order chi connectivity index (χ1) is 5.23. The molecule has 0 aromatic heterocycles. The average Bonchev–Trinajstić information content (AvgIpc) is 2.29. The fourth-order valence-corrected chi connectivity index (χ4v) is 3.36. The number of carbonyl (C=O) groups excluding carboxylic acids is 1. The van der Waals surface area contributed by atoms with E-state index in [-0.39, 0.29) is 11.7 Å². The van der Waals surface area contributed by atoms with Crippen molar-refractivity contribution in [3.8, 4) is 0 Å². The second kappa shape index (κ2) is 2.49. The summed E-state index contributed by atoms with van der Waals surface area (Å²) >= 11 is 1.86. The van der Waals surface area contributed by atoms with Gasteiger partial charge in [-0.15, -0.1) is 0 Å². The topological polar surface area (TPSA) is 37.3 Å². The Morgan fingerprint density at radius 3 is 3.18 bits per heavy atom. The zero-order chi connectivity index (χ0) is 7.90. The molecule has 1 aliphatic carbocycles. The second-order valence-electron chi connectivity index (χ2n) is 3.41. The summed E-state index contributed by atoms with van der Waals surface area (Å²) in [6, 6.07) is 0. The van der Waals surface area contributed by atoms with E-state index < -0.39 is 5.60 Å². The molecule has 3 heteroatoms. The van der Waals surface area contributed by atoms with Gasteiger partial charge in [-0.1, -0.05) is 0 Å². The molecule has 2 atom stereocenters. The van der Waals surface area contributed by atoms with Crippen LogP contribution in [0, 0.1) is 5.92 Å². The molecule has 11 heavy (non-hydrogen) atoms. The van der Waals surface area contributed by atoms with Gasteiger partial charge in [0.05, 0.1) is 0 Å². The van der Waals surface area contributed by atoms with Crippen molar-refractivity contribution < 1.29 is 9.90 Å². The van der Waals surface area contributed by atoms with Gasteiger partial charge in [-0.05, 0) is 24.3 Å². The minimum absolute atomic E-state index is 0.0859. The van der Waals surface area contributed by atoms with Crippen molar-refractivity contribution in [2.75, 3.05) is 11.5 Å². The third kappa shape index (κ3) is 1.02. The molecule has 0 amide bonds. The largest absolute Gasteiger partial charge is 0.382 e. The van der Waals surface area contributed by atoms with Gasteiger partial charge in [0.25, 0.3) is 0 Å². The van der Waals surface area contributed by atoms with Crippen LogP contribution in [0.15, 0.2) is 0 Å². The van der Waals surface area contributed by atoms with Gasteiger partial charge >= 0.3 is 0 Å². The van der Waals surface area contributed by atoms with E-state index in [1.54, 1.807) is 0 Å². The summed E-state index contributed by atoms with van der Waals surface area (Å²) < 4.78 is 0.